The second kappa shape index (κ2) is 8.08. The molecular formula is C18H22N2O2. The summed E-state index contributed by atoms with van der Waals surface area (Å²) in [6.07, 6.45) is 0.810. The van der Waals surface area contributed by atoms with Gasteiger partial charge in [0.05, 0.1) is 13.7 Å². The molecule has 0 aliphatic heterocycles. The second-order valence-electron chi connectivity index (χ2n) is 5.14. The molecule has 0 aromatic heterocycles. The van der Waals surface area contributed by atoms with E-state index in [1.54, 1.807) is 7.11 Å². The number of rotatable bonds is 7. The smallest absolute Gasteiger partial charge is 0.239 e. The Kier molecular flexibility index (Phi) is 5.83. The minimum Gasteiger partial charge on any atom is -0.497 e. The summed E-state index contributed by atoms with van der Waals surface area (Å²) >= 11 is 0. The fourth-order valence-corrected chi connectivity index (χ4v) is 2.18. The lowest BCUT2D eigenvalue weighted by molar-refractivity contribution is -0.119. The number of carbonyl (C=O) groups is 1. The predicted molar refractivity (Wildman–Crippen MR) is 89.4 cm³/mol. The average molecular weight is 298 g/mol. The average Bonchev–Trinajstić information content (AvgIpc) is 2.56. The van der Waals surface area contributed by atoms with Crippen molar-refractivity contribution in [3.63, 3.8) is 0 Å². The number of hydrogen-bond donors (Lipinski definition) is 1. The molecule has 0 aliphatic carbocycles. The van der Waals surface area contributed by atoms with Gasteiger partial charge in [0.25, 0.3) is 0 Å². The number of nitrogens with zero attached hydrogens (tertiary/aromatic N) is 1. The molecule has 2 aromatic rings. The van der Waals surface area contributed by atoms with E-state index in [1.807, 2.05) is 66.5 Å². The van der Waals surface area contributed by atoms with Crippen LogP contribution in [-0.2, 0) is 11.2 Å². The highest BCUT2D eigenvalue weighted by Gasteiger charge is 2.06. The Morgan fingerprint density at radius 2 is 1.77 bits per heavy atom. The lowest BCUT2D eigenvalue weighted by Crippen LogP contribution is -2.36. The van der Waals surface area contributed by atoms with Gasteiger partial charge in [0.2, 0.25) is 5.91 Å². The Balaban J connectivity index is 1.73. The third-order valence-electron chi connectivity index (χ3n) is 3.47. The zero-order valence-corrected chi connectivity index (χ0v) is 13.1. The van der Waals surface area contributed by atoms with Crippen molar-refractivity contribution < 1.29 is 9.53 Å². The van der Waals surface area contributed by atoms with Gasteiger partial charge in [-0.1, -0.05) is 30.3 Å². The molecule has 2 rings (SSSR count). The number of likely N-dealkylation sites (N-methyl/N-ethyl adjacent to an activating group) is 1. The summed E-state index contributed by atoms with van der Waals surface area (Å²) in [5, 5.41) is 2.95. The first-order chi connectivity index (χ1) is 10.7. The van der Waals surface area contributed by atoms with Gasteiger partial charge in [0.1, 0.15) is 5.75 Å². The highest BCUT2D eigenvalue weighted by molar-refractivity contribution is 5.81. The first-order valence-corrected chi connectivity index (χ1v) is 7.35. The van der Waals surface area contributed by atoms with Gasteiger partial charge in [-0.3, -0.25) is 4.79 Å². The first kappa shape index (κ1) is 15.9. The van der Waals surface area contributed by atoms with E-state index in [0.29, 0.717) is 13.1 Å². The summed E-state index contributed by atoms with van der Waals surface area (Å²) in [4.78, 5) is 13.9. The number of ether oxygens (including phenoxy) is 1. The fraction of sp³-hybridized carbons (Fsp3) is 0.278. The number of benzene rings is 2. The van der Waals surface area contributed by atoms with Crippen LogP contribution in [-0.4, -0.2) is 33.2 Å². The Morgan fingerprint density at radius 3 is 2.41 bits per heavy atom. The Labute approximate surface area is 131 Å². The van der Waals surface area contributed by atoms with Crippen LogP contribution in [0.4, 0.5) is 5.69 Å². The molecule has 0 radical (unpaired) electrons. The molecule has 116 valence electrons. The van der Waals surface area contributed by atoms with E-state index in [0.717, 1.165) is 17.9 Å². The Morgan fingerprint density at radius 1 is 1.09 bits per heavy atom. The van der Waals surface area contributed by atoms with Crippen LogP contribution >= 0.6 is 0 Å². The third-order valence-corrected chi connectivity index (χ3v) is 3.47. The molecule has 0 saturated carbocycles. The van der Waals surface area contributed by atoms with Gasteiger partial charge in [-0.15, -0.1) is 0 Å². The quantitative estimate of drug-likeness (QED) is 0.854. The van der Waals surface area contributed by atoms with Crippen LogP contribution in [0.1, 0.15) is 5.56 Å². The molecule has 0 unspecified atom stereocenters. The number of carbonyl (C=O) groups excluding carboxylic acids is 1. The first-order valence-electron chi connectivity index (χ1n) is 7.35. The number of para-hydroxylation sites is 1. The molecule has 1 N–H and O–H groups in total. The molecule has 0 atom stereocenters. The molecule has 0 heterocycles. The summed E-state index contributed by atoms with van der Waals surface area (Å²) in [6.45, 7) is 0.987. The summed E-state index contributed by atoms with van der Waals surface area (Å²) in [5.74, 6) is 0.872. The van der Waals surface area contributed by atoms with Gasteiger partial charge < -0.3 is 15.0 Å². The zero-order chi connectivity index (χ0) is 15.8. The Hall–Kier alpha value is -2.49. The van der Waals surface area contributed by atoms with Gasteiger partial charge in [-0.25, -0.2) is 0 Å². The highest BCUT2D eigenvalue weighted by Crippen LogP contribution is 2.11. The van der Waals surface area contributed by atoms with Crippen LogP contribution in [0.2, 0.25) is 0 Å². The van der Waals surface area contributed by atoms with Crippen molar-refractivity contribution in [2.75, 3.05) is 32.1 Å². The van der Waals surface area contributed by atoms with E-state index in [2.05, 4.69) is 5.32 Å². The van der Waals surface area contributed by atoms with Crippen LogP contribution in [0.5, 0.6) is 5.75 Å². The predicted octanol–water partition coefficient (Wildman–Crippen LogP) is 2.49. The third kappa shape index (κ3) is 4.81. The summed E-state index contributed by atoms with van der Waals surface area (Å²) < 4.78 is 5.12. The molecule has 0 bridgehead atoms. The van der Waals surface area contributed by atoms with Crippen LogP contribution in [0.15, 0.2) is 54.6 Å². The number of anilines is 1. The van der Waals surface area contributed by atoms with Crippen LogP contribution in [0.25, 0.3) is 0 Å². The largest absolute Gasteiger partial charge is 0.497 e. The fourth-order valence-electron chi connectivity index (χ4n) is 2.18. The Bertz CT molecular complexity index is 582. The molecule has 4 heteroatoms. The van der Waals surface area contributed by atoms with E-state index < -0.39 is 0 Å². The maximum absolute atomic E-state index is 11.9. The van der Waals surface area contributed by atoms with Gasteiger partial charge >= 0.3 is 0 Å². The monoisotopic (exact) mass is 298 g/mol. The number of methoxy groups -OCH3 is 1. The number of nitrogens with one attached hydrogen (secondary N) is 1. The standard InChI is InChI=1S/C18H22N2O2/c1-20(16-6-4-3-5-7-16)14-18(21)19-13-12-15-8-10-17(22-2)11-9-15/h3-11H,12-14H2,1-2H3,(H,19,21). The lowest BCUT2D eigenvalue weighted by Gasteiger charge is -2.18. The minimum absolute atomic E-state index is 0.0277. The van der Waals surface area contributed by atoms with Gasteiger partial charge in [0, 0.05) is 19.3 Å². The maximum Gasteiger partial charge on any atom is 0.239 e. The molecule has 1 amide bonds. The summed E-state index contributed by atoms with van der Waals surface area (Å²) in [5.41, 5.74) is 2.21. The topological polar surface area (TPSA) is 41.6 Å². The molecule has 22 heavy (non-hydrogen) atoms. The molecule has 2 aromatic carbocycles. The van der Waals surface area contributed by atoms with Crippen LogP contribution in [0.3, 0.4) is 0 Å². The maximum atomic E-state index is 11.9. The molecule has 0 spiro atoms. The number of amides is 1. The van der Waals surface area contributed by atoms with Crippen molar-refractivity contribution in [1.82, 2.24) is 5.32 Å². The van der Waals surface area contributed by atoms with Crippen molar-refractivity contribution in [3.8, 4) is 5.75 Å². The van der Waals surface area contributed by atoms with Gasteiger partial charge in [-0.2, -0.15) is 0 Å². The SMILES string of the molecule is COc1ccc(CCNC(=O)CN(C)c2ccccc2)cc1. The van der Waals surface area contributed by atoms with E-state index in [4.69, 9.17) is 4.74 Å². The van der Waals surface area contributed by atoms with E-state index in [9.17, 15) is 4.79 Å². The van der Waals surface area contributed by atoms with E-state index in [-0.39, 0.29) is 5.91 Å². The normalized spacial score (nSPS) is 10.1. The van der Waals surface area contributed by atoms with Crippen LogP contribution in [0, 0.1) is 0 Å². The molecule has 0 aliphatic rings. The van der Waals surface area contributed by atoms with Gasteiger partial charge in [-0.05, 0) is 36.2 Å². The summed E-state index contributed by atoms with van der Waals surface area (Å²) in [7, 11) is 3.57. The summed E-state index contributed by atoms with van der Waals surface area (Å²) in [6, 6.07) is 17.8. The zero-order valence-electron chi connectivity index (χ0n) is 13.1. The van der Waals surface area contributed by atoms with E-state index in [1.165, 1.54) is 5.56 Å². The highest BCUT2D eigenvalue weighted by atomic mass is 16.5. The molecular weight excluding hydrogens is 276 g/mol. The van der Waals surface area contributed by atoms with Crippen molar-refractivity contribution >= 4 is 11.6 Å². The van der Waals surface area contributed by atoms with Crippen molar-refractivity contribution in [2.45, 2.75) is 6.42 Å². The van der Waals surface area contributed by atoms with E-state index >= 15 is 0 Å². The molecule has 0 saturated heterocycles. The lowest BCUT2D eigenvalue weighted by atomic mass is 10.1. The molecule has 0 fully saturated rings. The van der Waals surface area contributed by atoms with Gasteiger partial charge in [0.15, 0.2) is 0 Å². The molecule has 4 nitrogen and oxygen atoms in total. The van der Waals surface area contributed by atoms with Crippen molar-refractivity contribution in [1.29, 1.82) is 0 Å². The van der Waals surface area contributed by atoms with Crippen molar-refractivity contribution in [2.24, 2.45) is 0 Å². The second-order valence-corrected chi connectivity index (χ2v) is 5.14. The minimum atomic E-state index is 0.0277. The van der Waals surface area contributed by atoms with Crippen molar-refractivity contribution in [3.05, 3.63) is 60.2 Å². The number of hydrogen-bond acceptors (Lipinski definition) is 3. The van der Waals surface area contributed by atoms with Crippen LogP contribution < -0.4 is 15.0 Å².